The molecular weight excluding hydrogens is 380 g/mol. The molecule has 0 spiro atoms. The fraction of sp³-hybridized carbons (Fsp3) is 0.333. The summed E-state index contributed by atoms with van der Waals surface area (Å²) in [6.45, 7) is 6.63. The molecule has 0 bridgehead atoms. The van der Waals surface area contributed by atoms with E-state index in [0.29, 0.717) is 15.8 Å². The van der Waals surface area contributed by atoms with E-state index in [4.69, 9.17) is 11.6 Å². The van der Waals surface area contributed by atoms with Crippen molar-refractivity contribution in [3.8, 4) is 0 Å². The van der Waals surface area contributed by atoms with Gasteiger partial charge in [-0.05, 0) is 61.4 Å². The molecule has 0 aliphatic rings. The number of hydrogen-bond donors (Lipinski definition) is 2. The molecular formula is C21H25ClN2O2S. The average Bonchev–Trinajstić information content (AvgIpc) is 2.64. The van der Waals surface area contributed by atoms with Gasteiger partial charge in [-0.15, -0.1) is 11.8 Å². The number of carbonyl (C=O) groups is 2. The second-order valence-corrected chi connectivity index (χ2v) is 8.32. The third-order valence-corrected chi connectivity index (χ3v) is 5.64. The molecule has 0 aliphatic heterocycles. The number of anilines is 1. The quantitative estimate of drug-likeness (QED) is 0.587. The Hall–Kier alpha value is -1.98. The van der Waals surface area contributed by atoms with Crippen LogP contribution >= 0.6 is 23.4 Å². The second kappa shape index (κ2) is 10.4. The minimum atomic E-state index is -0.220. The molecule has 4 nitrogen and oxygen atoms in total. The van der Waals surface area contributed by atoms with Gasteiger partial charge in [-0.3, -0.25) is 9.59 Å². The zero-order valence-corrected chi connectivity index (χ0v) is 17.4. The molecule has 6 heteroatoms. The van der Waals surface area contributed by atoms with Crippen LogP contribution in [-0.4, -0.2) is 23.6 Å². The monoisotopic (exact) mass is 404 g/mol. The number of halogens is 1. The molecule has 0 aromatic heterocycles. The van der Waals surface area contributed by atoms with Crippen LogP contribution in [0.15, 0.2) is 47.4 Å². The zero-order valence-electron chi connectivity index (χ0n) is 15.8. The molecule has 0 heterocycles. The van der Waals surface area contributed by atoms with Gasteiger partial charge in [0.15, 0.2) is 0 Å². The highest BCUT2D eigenvalue weighted by molar-refractivity contribution is 7.99. The standard InChI is InChI=1S/C21H25ClN2O2S/c1-4-15(3)27-18-9-10-19(14(2)13-18)24-20(25)11-12-23-21(26)16-5-7-17(22)8-6-16/h5-10,13,15H,4,11-12H2,1-3H3,(H,23,26)(H,24,25). The van der Waals surface area contributed by atoms with Crippen LogP contribution in [0.4, 0.5) is 5.69 Å². The summed E-state index contributed by atoms with van der Waals surface area (Å²) in [4.78, 5) is 25.4. The molecule has 0 fully saturated rings. The van der Waals surface area contributed by atoms with Crippen LogP contribution in [0.5, 0.6) is 0 Å². The van der Waals surface area contributed by atoms with E-state index < -0.39 is 0 Å². The van der Waals surface area contributed by atoms with Crippen LogP contribution in [0.2, 0.25) is 5.02 Å². The van der Waals surface area contributed by atoms with Crippen molar-refractivity contribution in [3.63, 3.8) is 0 Å². The van der Waals surface area contributed by atoms with Crippen LogP contribution in [0, 0.1) is 6.92 Å². The third-order valence-electron chi connectivity index (χ3n) is 4.13. The number of amides is 2. The lowest BCUT2D eigenvalue weighted by atomic mass is 10.2. The van der Waals surface area contributed by atoms with Crippen molar-refractivity contribution < 1.29 is 9.59 Å². The zero-order chi connectivity index (χ0) is 19.8. The van der Waals surface area contributed by atoms with Crippen LogP contribution in [0.3, 0.4) is 0 Å². The molecule has 2 rings (SSSR count). The van der Waals surface area contributed by atoms with Gasteiger partial charge < -0.3 is 10.6 Å². The predicted octanol–water partition coefficient (Wildman–Crippen LogP) is 5.30. The summed E-state index contributed by atoms with van der Waals surface area (Å²) in [5, 5.41) is 6.79. The lowest BCUT2D eigenvalue weighted by Gasteiger charge is -2.12. The van der Waals surface area contributed by atoms with E-state index in [9.17, 15) is 9.59 Å². The Morgan fingerprint density at radius 1 is 1.15 bits per heavy atom. The lowest BCUT2D eigenvalue weighted by Crippen LogP contribution is -2.27. The summed E-state index contributed by atoms with van der Waals surface area (Å²) in [6, 6.07) is 12.7. The van der Waals surface area contributed by atoms with Crippen LogP contribution < -0.4 is 10.6 Å². The molecule has 2 amide bonds. The number of benzene rings is 2. The summed E-state index contributed by atoms with van der Waals surface area (Å²) in [5.74, 6) is -0.348. The first-order valence-electron chi connectivity index (χ1n) is 9.00. The van der Waals surface area contributed by atoms with Crippen LogP contribution in [-0.2, 0) is 4.79 Å². The van der Waals surface area contributed by atoms with Crippen molar-refractivity contribution in [1.29, 1.82) is 0 Å². The van der Waals surface area contributed by atoms with Gasteiger partial charge in [-0.2, -0.15) is 0 Å². The Labute approximate surface area is 170 Å². The van der Waals surface area contributed by atoms with Gasteiger partial charge in [-0.25, -0.2) is 0 Å². The maximum Gasteiger partial charge on any atom is 0.251 e. The van der Waals surface area contributed by atoms with E-state index in [1.165, 1.54) is 4.90 Å². The number of carbonyl (C=O) groups excluding carboxylic acids is 2. The Kier molecular flexibility index (Phi) is 8.20. The van der Waals surface area contributed by atoms with E-state index in [2.05, 4.69) is 30.5 Å². The van der Waals surface area contributed by atoms with E-state index in [1.54, 1.807) is 24.3 Å². The molecule has 27 heavy (non-hydrogen) atoms. The fourth-order valence-corrected chi connectivity index (χ4v) is 3.52. The molecule has 2 aromatic rings. The van der Waals surface area contributed by atoms with Gasteiger partial charge in [0.1, 0.15) is 0 Å². The molecule has 2 N–H and O–H groups in total. The highest BCUT2D eigenvalue weighted by atomic mass is 35.5. The number of rotatable bonds is 8. The van der Waals surface area contributed by atoms with Crippen LogP contribution in [0.1, 0.15) is 42.6 Å². The summed E-state index contributed by atoms with van der Waals surface area (Å²) in [5.41, 5.74) is 2.35. The third kappa shape index (κ3) is 6.92. The summed E-state index contributed by atoms with van der Waals surface area (Å²) >= 11 is 7.64. The maximum absolute atomic E-state index is 12.2. The topological polar surface area (TPSA) is 58.2 Å². The van der Waals surface area contributed by atoms with Gasteiger partial charge >= 0.3 is 0 Å². The van der Waals surface area contributed by atoms with Gasteiger partial charge in [0.25, 0.3) is 5.91 Å². The lowest BCUT2D eigenvalue weighted by molar-refractivity contribution is -0.116. The van der Waals surface area contributed by atoms with Gasteiger partial charge in [0.05, 0.1) is 0 Å². The Morgan fingerprint density at radius 2 is 1.85 bits per heavy atom. The summed E-state index contributed by atoms with van der Waals surface area (Å²) in [6.07, 6.45) is 1.33. The van der Waals surface area contributed by atoms with Crippen molar-refractivity contribution in [2.24, 2.45) is 0 Å². The van der Waals surface area contributed by atoms with Crippen molar-refractivity contribution in [2.75, 3.05) is 11.9 Å². The number of nitrogens with one attached hydrogen (secondary N) is 2. The smallest absolute Gasteiger partial charge is 0.251 e. The fourth-order valence-electron chi connectivity index (χ4n) is 2.37. The maximum atomic E-state index is 12.2. The minimum absolute atomic E-state index is 0.128. The Bertz CT molecular complexity index is 793. The first kappa shape index (κ1) is 21.3. The molecule has 0 radical (unpaired) electrons. The molecule has 0 saturated heterocycles. The number of thioether (sulfide) groups is 1. The molecule has 1 atom stereocenters. The van der Waals surface area contributed by atoms with E-state index in [0.717, 1.165) is 17.7 Å². The van der Waals surface area contributed by atoms with Crippen molar-refractivity contribution in [3.05, 3.63) is 58.6 Å². The summed E-state index contributed by atoms with van der Waals surface area (Å²) < 4.78 is 0. The Morgan fingerprint density at radius 3 is 2.48 bits per heavy atom. The van der Waals surface area contributed by atoms with Gasteiger partial charge in [0.2, 0.25) is 5.91 Å². The van der Waals surface area contributed by atoms with E-state index in [1.807, 2.05) is 30.8 Å². The van der Waals surface area contributed by atoms with Gasteiger partial charge in [-0.1, -0.05) is 25.4 Å². The first-order valence-corrected chi connectivity index (χ1v) is 10.3. The minimum Gasteiger partial charge on any atom is -0.352 e. The van der Waals surface area contributed by atoms with Gasteiger partial charge in [0, 0.05) is 39.4 Å². The molecule has 144 valence electrons. The van der Waals surface area contributed by atoms with E-state index in [-0.39, 0.29) is 24.8 Å². The molecule has 0 saturated carbocycles. The van der Waals surface area contributed by atoms with Crippen molar-refractivity contribution >= 4 is 40.9 Å². The Balaban J connectivity index is 1.81. The first-order chi connectivity index (χ1) is 12.9. The SMILES string of the molecule is CCC(C)Sc1ccc(NC(=O)CCNC(=O)c2ccc(Cl)cc2)c(C)c1. The predicted molar refractivity (Wildman–Crippen MR) is 114 cm³/mol. The highest BCUT2D eigenvalue weighted by Crippen LogP contribution is 2.28. The molecule has 2 aromatic carbocycles. The normalized spacial score (nSPS) is 11.7. The number of hydrogen-bond acceptors (Lipinski definition) is 3. The van der Waals surface area contributed by atoms with Crippen LogP contribution in [0.25, 0.3) is 0 Å². The largest absolute Gasteiger partial charge is 0.352 e. The van der Waals surface area contributed by atoms with E-state index >= 15 is 0 Å². The second-order valence-electron chi connectivity index (χ2n) is 6.37. The molecule has 1 unspecified atom stereocenters. The summed E-state index contributed by atoms with van der Waals surface area (Å²) in [7, 11) is 0. The number of aryl methyl sites for hydroxylation is 1. The highest BCUT2D eigenvalue weighted by Gasteiger charge is 2.09. The van der Waals surface area contributed by atoms with Crippen molar-refractivity contribution in [2.45, 2.75) is 43.8 Å². The van der Waals surface area contributed by atoms with Crippen molar-refractivity contribution in [1.82, 2.24) is 5.32 Å². The average molecular weight is 405 g/mol. The molecule has 0 aliphatic carbocycles.